The lowest BCUT2D eigenvalue weighted by Gasteiger charge is -2.16. The molecule has 0 amide bonds. The molecule has 0 radical (unpaired) electrons. The van der Waals surface area contributed by atoms with E-state index in [1.54, 1.807) is 7.11 Å². The topological polar surface area (TPSA) is 9.23 Å². The molecule has 1 fully saturated rings. The molecule has 0 spiro atoms. The van der Waals surface area contributed by atoms with Crippen LogP contribution in [0, 0.1) is 0 Å². The van der Waals surface area contributed by atoms with E-state index in [0.717, 1.165) is 6.42 Å². The van der Waals surface area contributed by atoms with Crippen molar-refractivity contribution in [2.24, 2.45) is 0 Å². The summed E-state index contributed by atoms with van der Waals surface area (Å²) in [6.45, 7) is 0. The molecule has 0 heterocycles. The Labute approximate surface area is 94.7 Å². The van der Waals surface area contributed by atoms with E-state index in [0.29, 0.717) is 0 Å². The standard InChI is InChI=1S/C10H10Br2O/c1-13-9(7-10(9,11)12)8-5-3-2-4-6-8/h2-6H,7H2,1H3. The van der Waals surface area contributed by atoms with Crippen molar-refractivity contribution in [2.45, 2.75) is 15.3 Å². The normalized spacial score (nSPS) is 30.1. The first-order valence-electron chi connectivity index (χ1n) is 4.11. The summed E-state index contributed by atoms with van der Waals surface area (Å²) >= 11 is 7.20. The zero-order valence-corrected chi connectivity index (χ0v) is 10.4. The summed E-state index contributed by atoms with van der Waals surface area (Å²) in [6, 6.07) is 10.3. The van der Waals surface area contributed by atoms with Crippen molar-refractivity contribution in [3.8, 4) is 0 Å². The average molecular weight is 306 g/mol. The molecule has 1 nitrogen and oxygen atoms in total. The highest BCUT2D eigenvalue weighted by atomic mass is 79.9. The largest absolute Gasteiger partial charge is 0.371 e. The number of rotatable bonds is 2. The van der Waals surface area contributed by atoms with E-state index in [-0.39, 0.29) is 8.83 Å². The van der Waals surface area contributed by atoms with Gasteiger partial charge < -0.3 is 4.74 Å². The highest BCUT2D eigenvalue weighted by Crippen LogP contribution is 2.67. The second-order valence-electron chi connectivity index (χ2n) is 3.28. The van der Waals surface area contributed by atoms with E-state index in [9.17, 15) is 0 Å². The summed E-state index contributed by atoms with van der Waals surface area (Å²) in [4.78, 5) is 0. The van der Waals surface area contributed by atoms with Crippen molar-refractivity contribution in [3.63, 3.8) is 0 Å². The predicted molar refractivity (Wildman–Crippen MR) is 60.3 cm³/mol. The molecular formula is C10H10Br2O. The van der Waals surface area contributed by atoms with E-state index < -0.39 is 0 Å². The second kappa shape index (κ2) is 3.07. The molecule has 1 saturated carbocycles. The third-order valence-electron chi connectivity index (χ3n) is 2.53. The Balaban J connectivity index is 2.37. The molecule has 0 bridgehead atoms. The minimum atomic E-state index is -0.186. The van der Waals surface area contributed by atoms with E-state index in [1.807, 2.05) is 18.2 Å². The van der Waals surface area contributed by atoms with Gasteiger partial charge in [0.25, 0.3) is 0 Å². The fourth-order valence-corrected chi connectivity index (χ4v) is 3.20. The highest BCUT2D eigenvalue weighted by molar-refractivity contribution is 9.25. The van der Waals surface area contributed by atoms with Crippen LogP contribution in [0.2, 0.25) is 0 Å². The predicted octanol–water partition coefficient (Wildman–Crippen LogP) is 3.42. The minimum absolute atomic E-state index is 0.0803. The van der Waals surface area contributed by atoms with Gasteiger partial charge in [0.05, 0.1) is 0 Å². The SMILES string of the molecule is COC1(c2ccccc2)CC1(Br)Br. The lowest BCUT2D eigenvalue weighted by atomic mass is 10.1. The Kier molecular flexibility index (Phi) is 2.29. The van der Waals surface area contributed by atoms with Crippen molar-refractivity contribution < 1.29 is 4.74 Å². The Morgan fingerprint density at radius 3 is 2.15 bits per heavy atom. The van der Waals surface area contributed by atoms with Gasteiger partial charge in [-0.1, -0.05) is 62.2 Å². The van der Waals surface area contributed by atoms with Crippen LogP contribution in [0.5, 0.6) is 0 Å². The molecule has 1 unspecified atom stereocenters. The molecule has 3 heteroatoms. The summed E-state index contributed by atoms with van der Waals surface area (Å²) in [5.41, 5.74) is 1.03. The van der Waals surface area contributed by atoms with Crippen molar-refractivity contribution in [1.29, 1.82) is 0 Å². The first-order chi connectivity index (χ1) is 6.12. The van der Waals surface area contributed by atoms with Crippen LogP contribution in [-0.4, -0.2) is 10.3 Å². The Morgan fingerprint density at radius 2 is 1.77 bits per heavy atom. The van der Waals surface area contributed by atoms with Crippen molar-refractivity contribution in [2.75, 3.05) is 7.11 Å². The monoisotopic (exact) mass is 304 g/mol. The molecule has 0 N–H and O–H groups in total. The number of halogens is 2. The quantitative estimate of drug-likeness (QED) is 0.761. The van der Waals surface area contributed by atoms with Crippen LogP contribution in [0.25, 0.3) is 0 Å². The lowest BCUT2D eigenvalue weighted by molar-refractivity contribution is 0.0789. The van der Waals surface area contributed by atoms with Crippen molar-refractivity contribution in [3.05, 3.63) is 35.9 Å². The van der Waals surface area contributed by atoms with Crippen LogP contribution >= 0.6 is 31.9 Å². The van der Waals surface area contributed by atoms with Gasteiger partial charge in [-0.3, -0.25) is 0 Å². The molecule has 1 aliphatic carbocycles. The molecule has 2 rings (SSSR count). The third kappa shape index (κ3) is 1.37. The van der Waals surface area contributed by atoms with Crippen LogP contribution in [0.3, 0.4) is 0 Å². The van der Waals surface area contributed by atoms with Gasteiger partial charge in [-0.2, -0.15) is 0 Å². The molecule has 1 atom stereocenters. The molecular weight excluding hydrogens is 296 g/mol. The van der Waals surface area contributed by atoms with Gasteiger partial charge in [-0.25, -0.2) is 0 Å². The third-order valence-corrected chi connectivity index (χ3v) is 4.37. The van der Waals surface area contributed by atoms with Crippen LogP contribution in [0.15, 0.2) is 30.3 Å². The summed E-state index contributed by atoms with van der Waals surface area (Å²) in [6.07, 6.45) is 0.959. The maximum atomic E-state index is 5.56. The first kappa shape index (κ1) is 9.69. The molecule has 0 saturated heterocycles. The average Bonchev–Trinajstić information content (AvgIpc) is 2.72. The van der Waals surface area contributed by atoms with Gasteiger partial charge in [0.15, 0.2) is 0 Å². The summed E-state index contributed by atoms with van der Waals surface area (Å²) in [5.74, 6) is 0. The Hall–Kier alpha value is 0.140. The van der Waals surface area contributed by atoms with Gasteiger partial charge >= 0.3 is 0 Å². The Bertz CT molecular complexity index is 310. The fraction of sp³-hybridized carbons (Fsp3) is 0.400. The molecule has 70 valence electrons. The lowest BCUT2D eigenvalue weighted by Crippen LogP contribution is -2.16. The van der Waals surface area contributed by atoms with Crippen molar-refractivity contribution >= 4 is 31.9 Å². The summed E-state index contributed by atoms with van der Waals surface area (Å²) < 4.78 is 5.48. The van der Waals surface area contributed by atoms with E-state index in [1.165, 1.54) is 5.56 Å². The smallest absolute Gasteiger partial charge is 0.120 e. The van der Waals surface area contributed by atoms with E-state index >= 15 is 0 Å². The molecule has 1 aromatic rings. The molecule has 0 aromatic heterocycles. The van der Waals surface area contributed by atoms with Crippen LogP contribution in [0.4, 0.5) is 0 Å². The zero-order chi connectivity index (χ0) is 9.53. The number of ether oxygens (including phenoxy) is 1. The van der Waals surface area contributed by atoms with Gasteiger partial charge in [-0.05, 0) is 5.56 Å². The second-order valence-corrected chi connectivity index (χ2v) is 7.05. The highest BCUT2D eigenvalue weighted by Gasteiger charge is 2.67. The Morgan fingerprint density at radius 1 is 1.23 bits per heavy atom. The van der Waals surface area contributed by atoms with Crippen molar-refractivity contribution in [1.82, 2.24) is 0 Å². The fourth-order valence-electron chi connectivity index (χ4n) is 1.63. The number of alkyl halides is 2. The van der Waals surface area contributed by atoms with E-state index in [4.69, 9.17) is 4.74 Å². The molecule has 0 aliphatic heterocycles. The molecule has 1 aromatic carbocycles. The maximum absolute atomic E-state index is 5.56. The summed E-state index contributed by atoms with van der Waals surface area (Å²) in [5, 5.41) is 0. The van der Waals surface area contributed by atoms with E-state index in [2.05, 4.69) is 44.0 Å². The summed E-state index contributed by atoms with van der Waals surface area (Å²) in [7, 11) is 1.75. The van der Waals surface area contributed by atoms with Crippen LogP contribution < -0.4 is 0 Å². The van der Waals surface area contributed by atoms with Crippen LogP contribution in [0.1, 0.15) is 12.0 Å². The van der Waals surface area contributed by atoms with Gasteiger partial charge in [0.2, 0.25) is 0 Å². The van der Waals surface area contributed by atoms with Crippen LogP contribution in [-0.2, 0) is 10.3 Å². The van der Waals surface area contributed by atoms with Gasteiger partial charge in [0.1, 0.15) is 8.83 Å². The molecule has 1 aliphatic rings. The van der Waals surface area contributed by atoms with Gasteiger partial charge in [-0.15, -0.1) is 0 Å². The number of hydrogen-bond donors (Lipinski definition) is 0. The zero-order valence-electron chi connectivity index (χ0n) is 7.26. The molecule has 13 heavy (non-hydrogen) atoms. The minimum Gasteiger partial charge on any atom is -0.371 e. The number of methoxy groups -OCH3 is 1. The maximum Gasteiger partial charge on any atom is 0.120 e. The first-order valence-corrected chi connectivity index (χ1v) is 5.69. The number of benzene rings is 1. The van der Waals surface area contributed by atoms with Gasteiger partial charge in [0, 0.05) is 13.5 Å². The number of hydrogen-bond acceptors (Lipinski definition) is 1.